The number of fused-ring (bicyclic) bond motifs is 1. The number of aliphatic hydroxyl groups excluding tert-OH is 1. The number of carbonyl (C=O) groups excluding carboxylic acids is 1. The summed E-state index contributed by atoms with van der Waals surface area (Å²) in [5.41, 5.74) is 7.27. The maximum atomic E-state index is 11.6. The maximum Gasteiger partial charge on any atom is 0.407 e. The lowest BCUT2D eigenvalue weighted by atomic mass is 10.1. The lowest BCUT2D eigenvalue weighted by Gasteiger charge is -2.15. The van der Waals surface area contributed by atoms with Crippen LogP contribution in [-0.4, -0.2) is 64.7 Å². The largest absolute Gasteiger partial charge is 0.447 e. The number of hydrogen-bond acceptors (Lipinski definition) is 8. The van der Waals surface area contributed by atoms with Gasteiger partial charge in [0.1, 0.15) is 30.7 Å². The van der Waals surface area contributed by atoms with E-state index < -0.39 is 18.3 Å². The molecule has 1 aliphatic rings. The molecule has 0 saturated carbocycles. The van der Waals surface area contributed by atoms with Crippen LogP contribution in [0, 0.1) is 0 Å². The number of hydrogen-bond donors (Lipinski definition) is 4. The third-order valence-electron chi connectivity index (χ3n) is 4.09. The minimum Gasteiger partial charge on any atom is -0.447 e. The zero-order valence-corrected chi connectivity index (χ0v) is 13.9. The summed E-state index contributed by atoms with van der Waals surface area (Å²) in [4.78, 5) is 15.5. The maximum absolute atomic E-state index is 11.6. The van der Waals surface area contributed by atoms with Crippen LogP contribution >= 0.6 is 0 Å². The van der Waals surface area contributed by atoms with Crippen molar-refractivity contribution in [1.82, 2.24) is 25.2 Å². The predicted molar refractivity (Wildman–Crippen MR) is 88.9 cm³/mol. The highest BCUT2D eigenvalue weighted by molar-refractivity contribution is 5.67. The van der Waals surface area contributed by atoms with Crippen molar-refractivity contribution >= 4 is 17.4 Å². The van der Waals surface area contributed by atoms with E-state index in [1.807, 2.05) is 6.07 Å². The second kappa shape index (κ2) is 7.64. The number of alkyl carbamates (subject to hydrolysis) is 1. The number of nitrogens with zero attached hydrogens (tertiary/aromatic N) is 3. The molecule has 3 rings (SSSR count). The van der Waals surface area contributed by atoms with Crippen molar-refractivity contribution in [3.63, 3.8) is 0 Å². The Balaban J connectivity index is 1.59. The molecule has 2 aromatic rings. The first-order valence-corrected chi connectivity index (χ1v) is 8.07. The molecule has 1 aliphatic heterocycles. The summed E-state index contributed by atoms with van der Waals surface area (Å²) < 4.78 is 12.6. The van der Waals surface area contributed by atoms with Crippen LogP contribution in [0.25, 0.3) is 5.52 Å². The third-order valence-corrected chi connectivity index (χ3v) is 4.09. The van der Waals surface area contributed by atoms with Gasteiger partial charge in [-0.2, -0.15) is 5.10 Å². The Morgan fingerprint density at radius 2 is 2.36 bits per heavy atom. The van der Waals surface area contributed by atoms with Crippen LogP contribution in [0.3, 0.4) is 0 Å². The fourth-order valence-electron chi connectivity index (χ4n) is 2.78. The number of anilines is 1. The Bertz CT molecular complexity index is 736. The van der Waals surface area contributed by atoms with E-state index in [2.05, 4.69) is 20.7 Å². The highest BCUT2D eigenvalue weighted by atomic mass is 16.6. The smallest absolute Gasteiger partial charge is 0.407 e. The Morgan fingerprint density at radius 1 is 1.52 bits per heavy atom. The number of aliphatic hydroxyl groups is 1. The van der Waals surface area contributed by atoms with Crippen molar-refractivity contribution in [3.05, 3.63) is 24.2 Å². The van der Waals surface area contributed by atoms with Gasteiger partial charge in [-0.15, -0.1) is 0 Å². The van der Waals surface area contributed by atoms with Crippen LogP contribution in [0.5, 0.6) is 0 Å². The predicted octanol–water partition coefficient (Wildman–Crippen LogP) is -0.552. The molecule has 3 heterocycles. The van der Waals surface area contributed by atoms with Gasteiger partial charge in [-0.05, 0) is 19.2 Å². The summed E-state index contributed by atoms with van der Waals surface area (Å²) >= 11 is 0. The van der Waals surface area contributed by atoms with Crippen LogP contribution in [0.4, 0.5) is 10.6 Å². The molecular weight excluding hydrogens is 328 g/mol. The van der Waals surface area contributed by atoms with E-state index in [4.69, 9.17) is 15.2 Å². The van der Waals surface area contributed by atoms with E-state index >= 15 is 0 Å². The molecule has 1 fully saturated rings. The number of rotatable bonds is 6. The van der Waals surface area contributed by atoms with Crippen LogP contribution in [0.1, 0.15) is 18.2 Å². The quantitative estimate of drug-likeness (QED) is 0.509. The average molecular weight is 350 g/mol. The summed E-state index contributed by atoms with van der Waals surface area (Å²) in [5.74, 6) is 0.373. The minimum atomic E-state index is -0.736. The average Bonchev–Trinajstić information content (AvgIpc) is 3.17. The van der Waals surface area contributed by atoms with E-state index in [1.165, 1.54) is 6.33 Å². The molecule has 1 amide bonds. The molecule has 10 nitrogen and oxygen atoms in total. The van der Waals surface area contributed by atoms with Crippen LogP contribution in [-0.2, 0) is 9.47 Å². The molecule has 1 saturated heterocycles. The number of likely N-dealkylation sites (N-methyl/N-ethyl adjacent to an activating group) is 1. The van der Waals surface area contributed by atoms with Crippen LogP contribution in [0.15, 0.2) is 18.5 Å². The van der Waals surface area contributed by atoms with E-state index in [-0.39, 0.29) is 12.7 Å². The Kier molecular flexibility index (Phi) is 5.31. The lowest BCUT2D eigenvalue weighted by Crippen LogP contribution is -2.34. The first-order valence-electron chi connectivity index (χ1n) is 8.07. The van der Waals surface area contributed by atoms with Crippen molar-refractivity contribution in [2.24, 2.45) is 0 Å². The topological polar surface area (TPSA) is 136 Å². The normalized spacial score (nSPS) is 23.0. The van der Waals surface area contributed by atoms with E-state index in [0.29, 0.717) is 30.8 Å². The second-order valence-corrected chi connectivity index (χ2v) is 5.80. The first-order chi connectivity index (χ1) is 12.1. The van der Waals surface area contributed by atoms with Gasteiger partial charge < -0.3 is 30.9 Å². The third kappa shape index (κ3) is 3.81. The highest BCUT2D eigenvalue weighted by Gasteiger charge is 2.37. The number of carbonyl (C=O) groups is 1. The summed E-state index contributed by atoms with van der Waals surface area (Å²) in [6.07, 6.45) is -0.487. The van der Waals surface area contributed by atoms with Gasteiger partial charge in [-0.1, -0.05) is 0 Å². The molecule has 0 spiro atoms. The highest BCUT2D eigenvalue weighted by Crippen LogP contribution is 2.34. The van der Waals surface area contributed by atoms with Gasteiger partial charge in [0.2, 0.25) is 0 Å². The van der Waals surface area contributed by atoms with Gasteiger partial charge in [0.15, 0.2) is 5.82 Å². The number of nitrogen functional groups attached to an aromatic ring is 1. The Hall–Kier alpha value is -2.43. The molecule has 10 heteroatoms. The molecule has 25 heavy (non-hydrogen) atoms. The van der Waals surface area contributed by atoms with Gasteiger partial charge in [-0.25, -0.2) is 14.3 Å². The molecule has 0 aromatic carbocycles. The molecule has 0 bridgehead atoms. The standard InChI is InChI=1S/C15H22N6O4/c1-17-4-5-18-15(23)24-7-13-11(22)6-12(25-13)9-2-3-10-14(16)19-8-20-21(9)10/h2-3,8,11-13,17,22H,4-7H2,1H3,(H,18,23)(H2,16,19,20)/t11-,12+,13+/m0/s1. The number of aromatic nitrogens is 3. The SMILES string of the molecule is CNCCNC(=O)OC[C@H]1O[C@@H](c2ccc3c(N)ncnn23)C[C@@H]1O. The fourth-order valence-corrected chi connectivity index (χ4v) is 2.78. The monoisotopic (exact) mass is 350 g/mol. The van der Waals surface area contributed by atoms with Gasteiger partial charge >= 0.3 is 6.09 Å². The molecular formula is C15H22N6O4. The van der Waals surface area contributed by atoms with Gasteiger partial charge in [0.25, 0.3) is 0 Å². The van der Waals surface area contributed by atoms with Gasteiger partial charge in [-0.3, -0.25) is 0 Å². The van der Waals surface area contributed by atoms with Crippen molar-refractivity contribution in [2.45, 2.75) is 24.7 Å². The summed E-state index contributed by atoms with van der Waals surface area (Å²) in [6, 6.07) is 3.64. The van der Waals surface area contributed by atoms with Crippen molar-refractivity contribution in [1.29, 1.82) is 0 Å². The molecule has 5 N–H and O–H groups in total. The Morgan fingerprint density at radius 3 is 3.16 bits per heavy atom. The zero-order valence-electron chi connectivity index (χ0n) is 13.9. The molecule has 0 unspecified atom stereocenters. The molecule has 0 radical (unpaired) electrons. The summed E-state index contributed by atoms with van der Waals surface area (Å²) in [6.45, 7) is 1.08. The fraction of sp³-hybridized carbons (Fsp3) is 0.533. The number of nitrogens with two attached hydrogens (primary N) is 1. The van der Waals surface area contributed by atoms with Crippen molar-refractivity contribution < 1.29 is 19.4 Å². The number of ether oxygens (including phenoxy) is 2. The van der Waals surface area contributed by atoms with Crippen molar-refractivity contribution in [2.75, 3.05) is 32.5 Å². The lowest BCUT2D eigenvalue weighted by molar-refractivity contribution is -0.0284. The van der Waals surface area contributed by atoms with E-state index in [9.17, 15) is 9.90 Å². The minimum absolute atomic E-state index is 0.0243. The number of nitrogens with one attached hydrogen (secondary N) is 2. The molecule has 0 aliphatic carbocycles. The first kappa shape index (κ1) is 17.4. The Labute approximate surface area is 144 Å². The van der Waals surface area contributed by atoms with Crippen molar-refractivity contribution in [3.8, 4) is 0 Å². The number of amides is 1. The van der Waals surface area contributed by atoms with Gasteiger partial charge in [0, 0.05) is 19.5 Å². The summed E-state index contributed by atoms with van der Waals surface area (Å²) in [7, 11) is 1.79. The molecule has 3 atom stereocenters. The molecule has 2 aromatic heterocycles. The molecule has 136 valence electrons. The summed E-state index contributed by atoms with van der Waals surface area (Å²) in [5, 5.41) is 19.9. The second-order valence-electron chi connectivity index (χ2n) is 5.80. The van der Waals surface area contributed by atoms with E-state index in [0.717, 1.165) is 5.69 Å². The zero-order chi connectivity index (χ0) is 17.8. The van der Waals surface area contributed by atoms with Gasteiger partial charge in [0.05, 0.1) is 11.8 Å². The van der Waals surface area contributed by atoms with E-state index in [1.54, 1.807) is 17.6 Å². The van der Waals surface area contributed by atoms with Crippen LogP contribution < -0.4 is 16.4 Å². The van der Waals surface area contributed by atoms with Crippen LogP contribution in [0.2, 0.25) is 0 Å².